The Morgan fingerprint density at radius 3 is 2.89 bits per heavy atom. The van der Waals surface area contributed by atoms with Gasteiger partial charge in [-0.1, -0.05) is 25.1 Å². The molecule has 0 aliphatic carbocycles. The van der Waals surface area contributed by atoms with Gasteiger partial charge in [-0.15, -0.1) is 0 Å². The van der Waals surface area contributed by atoms with E-state index in [2.05, 4.69) is 21.9 Å². The maximum atomic E-state index is 5.73. The Bertz CT molecular complexity index is 524. The number of nitrogens with one attached hydrogen (secondary N) is 1. The number of benzene rings is 1. The fourth-order valence-corrected chi connectivity index (χ4v) is 2.22. The van der Waals surface area contributed by atoms with Gasteiger partial charge < -0.3 is 9.30 Å². The molecule has 1 aromatic heterocycles. The van der Waals surface area contributed by atoms with E-state index in [1.54, 1.807) is 13.3 Å². The second kappa shape index (κ2) is 6.36. The summed E-state index contributed by atoms with van der Waals surface area (Å²) in [7, 11) is 1.66. The third kappa shape index (κ3) is 2.77. The molecule has 0 fully saturated rings. The standard InChI is InChI=1S/C14H20N4O/c1-3-9-18-10-8-16-14(18)13(17-15)11-6-4-5-7-12(11)19-2/h4-8,10,13,17H,3,9,15H2,1-2H3. The van der Waals surface area contributed by atoms with Crippen molar-refractivity contribution in [3.63, 3.8) is 0 Å². The van der Waals surface area contributed by atoms with Crippen LogP contribution < -0.4 is 16.0 Å². The van der Waals surface area contributed by atoms with Crippen molar-refractivity contribution in [3.8, 4) is 5.75 Å². The van der Waals surface area contributed by atoms with Crippen LogP contribution in [0.2, 0.25) is 0 Å². The van der Waals surface area contributed by atoms with Crippen molar-refractivity contribution in [1.29, 1.82) is 0 Å². The summed E-state index contributed by atoms with van der Waals surface area (Å²) in [4.78, 5) is 4.42. The number of aromatic nitrogens is 2. The van der Waals surface area contributed by atoms with Crippen molar-refractivity contribution < 1.29 is 4.74 Å². The van der Waals surface area contributed by atoms with Crippen LogP contribution in [0.4, 0.5) is 0 Å². The van der Waals surface area contributed by atoms with Crippen molar-refractivity contribution in [2.75, 3.05) is 7.11 Å². The lowest BCUT2D eigenvalue weighted by molar-refractivity contribution is 0.401. The van der Waals surface area contributed by atoms with Gasteiger partial charge in [-0.25, -0.2) is 10.4 Å². The molecule has 5 nitrogen and oxygen atoms in total. The highest BCUT2D eigenvalue weighted by Crippen LogP contribution is 2.28. The molecule has 1 unspecified atom stereocenters. The third-order valence-electron chi connectivity index (χ3n) is 3.09. The molecule has 0 spiro atoms. The van der Waals surface area contributed by atoms with Gasteiger partial charge in [0.15, 0.2) is 0 Å². The van der Waals surface area contributed by atoms with Gasteiger partial charge in [-0.3, -0.25) is 5.84 Å². The fourth-order valence-electron chi connectivity index (χ4n) is 2.22. The monoisotopic (exact) mass is 260 g/mol. The predicted octanol–water partition coefficient (Wildman–Crippen LogP) is 1.85. The highest BCUT2D eigenvalue weighted by atomic mass is 16.5. The molecule has 0 bridgehead atoms. The Labute approximate surface area is 113 Å². The molecule has 2 rings (SSSR count). The molecule has 1 aromatic carbocycles. The summed E-state index contributed by atoms with van der Waals surface area (Å²) in [6, 6.07) is 7.64. The zero-order chi connectivity index (χ0) is 13.7. The van der Waals surface area contributed by atoms with Gasteiger partial charge in [0.1, 0.15) is 17.6 Å². The largest absolute Gasteiger partial charge is 0.496 e. The molecule has 3 N–H and O–H groups in total. The SMILES string of the molecule is CCCn1ccnc1C(NN)c1ccccc1OC. The smallest absolute Gasteiger partial charge is 0.131 e. The molecular formula is C14H20N4O. The number of methoxy groups -OCH3 is 1. The maximum absolute atomic E-state index is 5.73. The molecule has 102 valence electrons. The number of nitrogens with zero attached hydrogens (tertiary/aromatic N) is 2. The Hall–Kier alpha value is -1.85. The van der Waals surface area contributed by atoms with Crippen LogP contribution in [0.1, 0.15) is 30.8 Å². The lowest BCUT2D eigenvalue weighted by Gasteiger charge is -2.19. The molecule has 1 heterocycles. The van der Waals surface area contributed by atoms with Gasteiger partial charge in [0.25, 0.3) is 0 Å². The van der Waals surface area contributed by atoms with E-state index in [9.17, 15) is 0 Å². The lowest BCUT2D eigenvalue weighted by atomic mass is 10.1. The molecule has 1 atom stereocenters. The minimum atomic E-state index is -0.183. The zero-order valence-corrected chi connectivity index (χ0v) is 11.3. The summed E-state index contributed by atoms with van der Waals surface area (Å²) in [5, 5.41) is 0. The maximum Gasteiger partial charge on any atom is 0.131 e. The first-order chi connectivity index (χ1) is 9.31. The van der Waals surface area contributed by atoms with Crippen LogP contribution in [0, 0.1) is 0 Å². The van der Waals surface area contributed by atoms with E-state index in [-0.39, 0.29) is 6.04 Å². The van der Waals surface area contributed by atoms with Crippen LogP contribution in [0.3, 0.4) is 0 Å². The van der Waals surface area contributed by atoms with Crippen molar-refractivity contribution in [1.82, 2.24) is 15.0 Å². The molecule has 19 heavy (non-hydrogen) atoms. The number of nitrogens with two attached hydrogens (primary N) is 1. The van der Waals surface area contributed by atoms with Gasteiger partial charge in [0.2, 0.25) is 0 Å². The summed E-state index contributed by atoms with van der Waals surface area (Å²) in [6.45, 7) is 3.06. The van der Waals surface area contributed by atoms with E-state index in [1.807, 2.05) is 30.5 Å². The van der Waals surface area contributed by atoms with Crippen LogP contribution in [0.25, 0.3) is 0 Å². The molecular weight excluding hydrogens is 240 g/mol. The first kappa shape index (κ1) is 13.6. The third-order valence-corrected chi connectivity index (χ3v) is 3.09. The Morgan fingerprint density at radius 1 is 1.42 bits per heavy atom. The van der Waals surface area contributed by atoms with E-state index in [4.69, 9.17) is 10.6 Å². The van der Waals surface area contributed by atoms with Crippen LogP contribution in [0.15, 0.2) is 36.7 Å². The van der Waals surface area contributed by atoms with E-state index in [0.29, 0.717) is 0 Å². The average Bonchev–Trinajstić information content (AvgIpc) is 2.89. The Kier molecular flexibility index (Phi) is 4.54. The number of hydrogen-bond donors (Lipinski definition) is 2. The van der Waals surface area contributed by atoms with Gasteiger partial charge in [-0.05, 0) is 12.5 Å². The predicted molar refractivity (Wildman–Crippen MR) is 74.7 cm³/mol. The van der Waals surface area contributed by atoms with Crippen molar-refractivity contribution >= 4 is 0 Å². The number of aryl methyl sites for hydroxylation is 1. The average molecular weight is 260 g/mol. The van der Waals surface area contributed by atoms with E-state index in [0.717, 1.165) is 30.1 Å². The summed E-state index contributed by atoms with van der Waals surface area (Å²) in [5.41, 5.74) is 3.81. The van der Waals surface area contributed by atoms with Gasteiger partial charge >= 0.3 is 0 Å². The van der Waals surface area contributed by atoms with E-state index in [1.165, 1.54) is 0 Å². The first-order valence-electron chi connectivity index (χ1n) is 6.41. The van der Waals surface area contributed by atoms with Crippen LogP contribution >= 0.6 is 0 Å². The van der Waals surface area contributed by atoms with Crippen molar-refractivity contribution in [2.24, 2.45) is 5.84 Å². The second-order valence-corrected chi connectivity index (χ2v) is 4.32. The van der Waals surface area contributed by atoms with Crippen LogP contribution in [-0.4, -0.2) is 16.7 Å². The van der Waals surface area contributed by atoms with Crippen molar-refractivity contribution in [2.45, 2.75) is 25.9 Å². The minimum Gasteiger partial charge on any atom is -0.496 e. The van der Waals surface area contributed by atoms with Crippen molar-refractivity contribution in [3.05, 3.63) is 48.0 Å². The molecule has 0 amide bonds. The molecule has 5 heteroatoms. The van der Waals surface area contributed by atoms with Gasteiger partial charge in [0, 0.05) is 24.5 Å². The van der Waals surface area contributed by atoms with E-state index < -0.39 is 0 Å². The molecule has 0 radical (unpaired) electrons. The second-order valence-electron chi connectivity index (χ2n) is 4.32. The number of rotatable bonds is 6. The number of hydrogen-bond acceptors (Lipinski definition) is 4. The highest BCUT2D eigenvalue weighted by Gasteiger charge is 2.20. The zero-order valence-electron chi connectivity index (χ0n) is 11.3. The quantitative estimate of drug-likeness (QED) is 0.614. The number of hydrazine groups is 1. The highest BCUT2D eigenvalue weighted by molar-refractivity contribution is 5.38. The summed E-state index contributed by atoms with van der Waals surface area (Å²) in [6.07, 6.45) is 4.82. The number of imidazole rings is 1. The van der Waals surface area contributed by atoms with Crippen LogP contribution in [-0.2, 0) is 6.54 Å². The van der Waals surface area contributed by atoms with E-state index >= 15 is 0 Å². The Balaban J connectivity index is 2.41. The summed E-state index contributed by atoms with van der Waals surface area (Å²) < 4.78 is 7.50. The molecule has 2 aromatic rings. The lowest BCUT2D eigenvalue weighted by Crippen LogP contribution is -2.31. The van der Waals surface area contributed by atoms with Gasteiger partial charge in [-0.2, -0.15) is 0 Å². The van der Waals surface area contributed by atoms with Gasteiger partial charge in [0.05, 0.1) is 7.11 Å². The minimum absolute atomic E-state index is 0.183. The normalized spacial score (nSPS) is 12.4. The fraction of sp³-hybridized carbons (Fsp3) is 0.357. The van der Waals surface area contributed by atoms with Crippen LogP contribution in [0.5, 0.6) is 5.75 Å². The molecule has 0 saturated heterocycles. The molecule has 0 aliphatic rings. The first-order valence-corrected chi connectivity index (χ1v) is 6.41. The topological polar surface area (TPSA) is 65.1 Å². The molecule has 0 aliphatic heterocycles. The summed E-state index contributed by atoms with van der Waals surface area (Å²) >= 11 is 0. The number of para-hydroxylation sites is 1. The Morgan fingerprint density at radius 2 is 2.21 bits per heavy atom. The summed E-state index contributed by atoms with van der Waals surface area (Å²) in [5.74, 6) is 7.43. The molecule has 0 saturated carbocycles. The number of ether oxygens (including phenoxy) is 1.